The maximum Gasteiger partial charge on any atom is 0.410 e. The van der Waals surface area contributed by atoms with Crippen LogP contribution in [-0.2, 0) is 19.0 Å². The number of hydrogen-bond acceptors (Lipinski definition) is 12. The van der Waals surface area contributed by atoms with E-state index in [1.54, 1.807) is 35.3 Å². The van der Waals surface area contributed by atoms with Crippen molar-refractivity contribution in [2.24, 2.45) is 22.9 Å². The highest BCUT2D eigenvalue weighted by molar-refractivity contribution is 6.03. The lowest BCUT2D eigenvalue weighted by atomic mass is 9.55. The zero-order chi connectivity index (χ0) is 43.2. The molecule has 0 radical (unpaired) electrons. The molecular formula is C48H64N2O11. The average Bonchev–Trinajstić information content (AvgIpc) is 3.28. The largest absolute Gasteiger partial charge is 0.496 e. The number of hydrogen-bond donors (Lipinski definition) is 2. The lowest BCUT2D eigenvalue weighted by Gasteiger charge is -2.60. The number of aliphatic hydroxyl groups excluding tert-OH is 2. The van der Waals surface area contributed by atoms with Crippen molar-refractivity contribution in [2.75, 3.05) is 46.7 Å². The van der Waals surface area contributed by atoms with Gasteiger partial charge in [-0.1, -0.05) is 43.1 Å². The molecule has 2 aromatic rings. The van der Waals surface area contributed by atoms with Crippen LogP contribution in [0.5, 0.6) is 23.0 Å². The normalized spacial score (nSPS) is 25.8. The van der Waals surface area contributed by atoms with Gasteiger partial charge in [-0.15, -0.1) is 13.2 Å². The van der Waals surface area contributed by atoms with Gasteiger partial charge >= 0.3 is 6.09 Å². The third-order valence-corrected chi connectivity index (χ3v) is 12.2. The molecular weight excluding hydrogens is 781 g/mol. The molecule has 13 heteroatoms. The number of fused-ring (bicyclic) bond motifs is 2. The minimum absolute atomic E-state index is 0.0213. The summed E-state index contributed by atoms with van der Waals surface area (Å²) in [5.41, 5.74) is 2.88. The molecule has 1 saturated carbocycles. The van der Waals surface area contributed by atoms with E-state index in [1.165, 1.54) is 7.11 Å². The first-order valence-electron chi connectivity index (χ1n) is 22.1. The summed E-state index contributed by atoms with van der Waals surface area (Å²) in [5, 5.41) is 24.8. The van der Waals surface area contributed by atoms with Crippen molar-refractivity contribution >= 4 is 18.1 Å². The molecule has 0 aromatic heterocycles. The van der Waals surface area contributed by atoms with E-state index in [0.29, 0.717) is 79.5 Å². The van der Waals surface area contributed by atoms with Gasteiger partial charge in [-0.3, -0.25) is 9.69 Å². The van der Waals surface area contributed by atoms with Crippen LogP contribution in [0.25, 0.3) is 0 Å². The topological polar surface area (TPSA) is 155 Å². The molecule has 332 valence electrons. The minimum atomic E-state index is -1.42. The van der Waals surface area contributed by atoms with Crippen LogP contribution in [0.3, 0.4) is 0 Å². The van der Waals surface area contributed by atoms with Crippen molar-refractivity contribution < 1.29 is 53.1 Å². The summed E-state index contributed by atoms with van der Waals surface area (Å²) in [4.78, 5) is 34.2. The third kappa shape index (κ3) is 10.5. The summed E-state index contributed by atoms with van der Waals surface area (Å²) in [6.07, 6.45) is 14.0. The summed E-state index contributed by atoms with van der Waals surface area (Å²) in [5.74, 6) is -0.0550. The number of rotatable bonds is 23. The van der Waals surface area contributed by atoms with Crippen molar-refractivity contribution in [3.63, 3.8) is 0 Å². The first-order valence-corrected chi connectivity index (χ1v) is 22.1. The fraction of sp³-hybridized carbons (Fsp3) is 0.562. The number of carbonyl (C=O) groups is 2. The fourth-order valence-corrected chi connectivity index (χ4v) is 9.56. The van der Waals surface area contributed by atoms with Crippen molar-refractivity contribution in [3.05, 3.63) is 84.5 Å². The van der Waals surface area contributed by atoms with Gasteiger partial charge in [0.15, 0.2) is 6.29 Å². The molecule has 6 rings (SSSR count). The third-order valence-electron chi connectivity index (χ3n) is 12.2. The maximum atomic E-state index is 14.3. The molecule has 2 N–H and O–H groups in total. The molecule has 7 unspecified atom stereocenters. The SMILES string of the molecule is C=CCCOC(=O)N(CCC)C1CC(=NOC2CCCCO2)C2=CC(CCCCO)C(CCCCO)C3c4cc(Oc5ccc(OC)c(C=O)c5)ccc4OC1(OCC=C)C23. The van der Waals surface area contributed by atoms with Crippen molar-refractivity contribution in [1.29, 1.82) is 0 Å². The van der Waals surface area contributed by atoms with E-state index < -0.39 is 30.1 Å². The van der Waals surface area contributed by atoms with Gasteiger partial charge in [0.05, 0.1) is 44.1 Å². The van der Waals surface area contributed by atoms with Gasteiger partial charge in [0, 0.05) is 44.1 Å². The molecule has 61 heavy (non-hydrogen) atoms. The number of carbonyl (C=O) groups excluding carboxylic acids is 2. The van der Waals surface area contributed by atoms with E-state index in [2.05, 4.69) is 19.2 Å². The van der Waals surface area contributed by atoms with Crippen LogP contribution in [0.2, 0.25) is 0 Å². The Bertz CT molecular complexity index is 1860. The number of benzene rings is 2. The van der Waals surface area contributed by atoms with Crippen LogP contribution in [0, 0.1) is 17.8 Å². The Hall–Kier alpha value is -4.69. The smallest absolute Gasteiger partial charge is 0.410 e. The average molecular weight is 845 g/mol. The van der Waals surface area contributed by atoms with Gasteiger partial charge in [-0.05, 0) is 105 Å². The molecule has 2 fully saturated rings. The number of unbranched alkanes of at least 4 members (excludes halogenated alkanes) is 2. The van der Waals surface area contributed by atoms with Gasteiger partial charge in [0.25, 0.3) is 0 Å². The van der Waals surface area contributed by atoms with Crippen molar-refractivity contribution in [2.45, 2.75) is 108 Å². The maximum absolute atomic E-state index is 14.3. The fourth-order valence-electron chi connectivity index (χ4n) is 9.56. The molecule has 1 amide bonds. The lowest BCUT2D eigenvalue weighted by Crippen LogP contribution is -2.70. The number of aldehydes is 1. The molecule has 2 aromatic carbocycles. The van der Waals surface area contributed by atoms with E-state index in [9.17, 15) is 19.8 Å². The second-order valence-electron chi connectivity index (χ2n) is 16.2. The number of aliphatic hydroxyl groups is 2. The standard InChI is InChI=1S/C48H64N2O11/c1-5-8-26-57-47(54)50(22-6-2)43-31-40(49-61-44-17-11-14-27-56-44)38-29-33(15-9-12-23-51)37(16-10-13-24-52)45-39-30-36(59-35-18-20-41(55-4)34(28-35)32-53)19-21-42(39)60-48(43,46(38)45)58-25-7-3/h5,7,18-21,28-30,32-33,37,43-46,51-52H,1,3,6,8-17,22-27,31H2,2,4H3. The zero-order valence-electron chi connectivity index (χ0n) is 35.8. The van der Waals surface area contributed by atoms with Crippen LogP contribution in [0.15, 0.2) is 78.5 Å². The summed E-state index contributed by atoms with van der Waals surface area (Å²) < 4.78 is 38.0. The van der Waals surface area contributed by atoms with Crippen LogP contribution < -0.4 is 14.2 Å². The molecule has 13 nitrogen and oxygen atoms in total. The highest BCUT2D eigenvalue weighted by Crippen LogP contribution is 2.62. The number of allylic oxidation sites excluding steroid dienone is 1. The molecule has 1 saturated heterocycles. The summed E-state index contributed by atoms with van der Waals surface area (Å²) in [7, 11) is 1.52. The Morgan fingerprint density at radius 1 is 1.03 bits per heavy atom. The first-order chi connectivity index (χ1) is 29.9. The van der Waals surface area contributed by atoms with Gasteiger partial charge in [-0.25, -0.2) is 4.79 Å². The highest BCUT2D eigenvalue weighted by Gasteiger charge is 2.65. The Morgan fingerprint density at radius 3 is 2.52 bits per heavy atom. The van der Waals surface area contributed by atoms with Gasteiger partial charge in [0.1, 0.15) is 29.0 Å². The van der Waals surface area contributed by atoms with E-state index in [1.807, 2.05) is 25.1 Å². The van der Waals surface area contributed by atoms with Crippen LogP contribution in [0.1, 0.15) is 106 Å². The Balaban J connectivity index is 1.57. The van der Waals surface area contributed by atoms with E-state index in [-0.39, 0.29) is 50.6 Å². The molecule has 7 atom stereocenters. The Kier molecular flexibility index (Phi) is 16.8. The Labute approximate surface area is 360 Å². The van der Waals surface area contributed by atoms with E-state index in [4.69, 9.17) is 38.4 Å². The van der Waals surface area contributed by atoms with Crippen LogP contribution in [-0.4, -0.2) is 98.0 Å². The van der Waals surface area contributed by atoms with Crippen molar-refractivity contribution in [3.8, 4) is 23.0 Å². The Morgan fingerprint density at radius 2 is 1.82 bits per heavy atom. The zero-order valence-corrected chi connectivity index (χ0v) is 35.8. The first kappa shape index (κ1) is 45.8. The number of amides is 1. The molecule has 2 aliphatic carbocycles. The predicted molar refractivity (Wildman–Crippen MR) is 231 cm³/mol. The van der Waals surface area contributed by atoms with Crippen molar-refractivity contribution in [1.82, 2.24) is 4.90 Å². The second kappa shape index (κ2) is 22.4. The number of oxime groups is 1. The van der Waals surface area contributed by atoms with Gasteiger partial charge < -0.3 is 43.5 Å². The predicted octanol–water partition coefficient (Wildman–Crippen LogP) is 8.88. The highest BCUT2D eigenvalue weighted by atomic mass is 16.8. The summed E-state index contributed by atoms with van der Waals surface area (Å²) >= 11 is 0. The van der Waals surface area contributed by atoms with Gasteiger partial charge in [-0.2, -0.15) is 0 Å². The molecule has 2 aliphatic heterocycles. The lowest BCUT2D eigenvalue weighted by molar-refractivity contribution is -0.255. The summed E-state index contributed by atoms with van der Waals surface area (Å²) in [6, 6.07) is 10.1. The molecule has 0 spiro atoms. The van der Waals surface area contributed by atoms with E-state index in [0.717, 1.165) is 55.9 Å². The molecule has 0 bridgehead atoms. The van der Waals surface area contributed by atoms with E-state index >= 15 is 0 Å². The number of methoxy groups -OCH3 is 1. The van der Waals surface area contributed by atoms with Crippen LogP contribution in [0.4, 0.5) is 4.79 Å². The number of nitrogens with zero attached hydrogens (tertiary/aromatic N) is 2. The number of ether oxygens (including phenoxy) is 6. The minimum Gasteiger partial charge on any atom is -0.496 e. The second-order valence-corrected chi connectivity index (χ2v) is 16.2. The van der Waals surface area contributed by atoms with Gasteiger partial charge in [0.2, 0.25) is 12.1 Å². The molecule has 2 heterocycles. The quantitative estimate of drug-likeness (QED) is 0.0477. The monoisotopic (exact) mass is 844 g/mol. The summed E-state index contributed by atoms with van der Waals surface area (Å²) in [6.45, 7) is 11.3. The van der Waals surface area contributed by atoms with Crippen LogP contribution >= 0.6 is 0 Å². The molecule has 4 aliphatic rings.